The number of allylic oxidation sites excluding steroid dienone is 2. The predicted octanol–water partition coefficient (Wildman–Crippen LogP) is 11.3. The molecule has 0 fully saturated rings. The van der Waals surface area contributed by atoms with E-state index in [2.05, 4.69) is 12.1 Å². The standard InChI is InChI=1S/C27H13FNO.C13H24O2.Ir/c28-23-7-3-6-17-19(23)9-8-18-20-10-11-29-27-22-12-15-4-1-2-5-16(15)13-24(22)30-25(26(20)27)14-21(17)18;1-5-10(6-2)12(14)9-13(15)11(7-3)8-4;/h1-11,13-14H;9-11,14H,5-8H2,1-4H3;/q-1;;/b;12-9-;. The van der Waals surface area contributed by atoms with E-state index in [1.807, 2.05) is 88.5 Å². The number of aromatic nitrogens is 1. The summed E-state index contributed by atoms with van der Waals surface area (Å²) < 4.78 is 20.8. The number of carbonyl (C=O) groups excluding carboxylic acids is 1. The molecule has 0 aliphatic carbocycles. The molecule has 0 atom stereocenters. The molecule has 0 amide bonds. The van der Waals surface area contributed by atoms with Crippen molar-refractivity contribution in [3.63, 3.8) is 0 Å². The summed E-state index contributed by atoms with van der Waals surface area (Å²) in [5.74, 6) is 1.82. The maximum Gasteiger partial charge on any atom is 0.162 e. The summed E-state index contributed by atoms with van der Waals surface area (Å²) in [6.07, 6.45) is 6.73. The van der Waals surface area contributed by atoms with Crippen LogP contribution in [0.4, 0.5) is 4.39 Å². The number of rotatable bonds is 7. The number of ether oxygens (including phenoxy) is 1. The van der Waals surface area contributed by atoms with Crippen LogP contribution in [0.25, 0.3) is 54.3 Å². The Bertz CT molecular complexity index is 2100. The van der Waals surface area contributed by atoms with Gasteiger partial charge in [0.1, 0.15) is 11.6 Å². The Hall–Kier alpha value is -4.12. The number of hydrogen-bond acceptors (Lipinski definition) is 4. The van der Waals surface area contributed by atoms with Gasteiger partial charge < -0.3 is 9.84 Å². The number of fused-ring (bicyclic) bond motifs is 7. The Kier molecular flexibility index (Phi) is 10.2. The maximum absolute atomic E-state index is 14.4. The molecule has 0 unspecified atom stereocenters. The van der Waals surface area contributed by atoms with Crippen molar-refractivity contribution in [2.45, 2.75) is 53.4 Å². The molecule has 1 aliphatic heterocycles. The first-order valence-corrected chi connectivity index (χ1v) is 15.9. The third-order valence-electron chi connectivity index (χ3n) is 9.11. The van der Waals surface area contributed by atoms with Gasteiger partial charge in [-0.25, -0.2) is 4.39 Å². The number of pyridine rings is 1. The van der Waals surface area contributed by atoms with Crippen molar-refractivity contribution in [3.8, 4) is 22.8 Å². The largest absolute Gasteiger partial charge is 0.512 e. The van der Waals surface area contributed by atoms with E-state index in [0.29, 0.717) is 5.39 Å². The molecule has 7 rings (SSSR count). The fourth-order valence-corrected chi connectivity index (χ4v) is 6.44. The van der Waals surface area contributed by atoms with Crippen LogP contribution in [0.15, 0.2) is 90.8 Å². The monoisotopic (exact) mass is 791 g/mol. The number of benzene rings is 5. The van der Waals surface area contributed by atoms with Gasteiger partial charge in [0.05, 0.1) is 11.5 Å². The van der Waals surface area contributed by atoms with Crippen LogP contribution < -0.4 is 4.74 Å². The molecule has 6 aromatic rings. The average Bonchev–Trinajstić information content (AvgIpc) is 3.05. The molecule has 0 spiro atoms. The maximum atomic E-state index is 14.4. The SMILES string of the molecule is CCC(CC)C(=O)/C=C(\O)C(CC)CC.Fc1cccc2c1ccc1c3ccnc4c3c(cc21)Oc1cc2ccccc2[c-]c1-4.[Ir]. The molecule has 0 bridgehead atoms. The number of aliphatic hydroxyl groups excluding tert-OH is 1. The van der Waals surface area contributed by atoms with Gasteiger partial charge >= 0.3 is 0 Å². The van der Waals surface area contributed by atoms with Crippen LogP contribution in [-0.4, -0.2) is 15.9 Å². The first-order valence-electron chi connectivity index (χ1n) is 15.9. The topological polar surface area (TPSA) is 59.4 Å². The van der Waals surface area contributed by atoms with Crippen molar-refractivity contribution in [1.82, 2.24) is 4.98 Å². The van der Waals surface area contributed by atoms with E-state index in [1.54, 1.807) is 6.07 Å². The zero-order valence-electron chi connectivity index (χ0n) is 26.5. The Balaban J connectivity index is 0.000000225. The number of nitrogens with zero attached hydrogens (tertiary/aromatic N) is 1. The van der Waals surface area contributed by atoms with Crippen LogP contribution in [0.2, 0.25) is 0 Å². The number of ketones is 1. The number of halogens is 1. The molecular formula is C40H37FIrNO3-. The van der Waals surface area contributed by atoms with Crippen LogP contribution in [0.1, 0.15) is 53.4 Å². The molecule has 1 N–H and O–H groups in total. The summed E-state index contributed by atoms with van der Waals surface area (Å²) in [6.45, 7) is 8.07. The van der Waals surface area contributed by atoms with Gasteiger partial charge in [0.2, 0.25) is 0 Å². The van der Waals surface area contributed by atoms with Gasteiger partial charge in [-0.1, -0.05) is 87.2 Å². The van der Waals surface area contributed by atoms with E-state index in [0.717, 1.165) is 86.1 Å². The van der Waals surface area contributed by atoms with Gasteiger partial charge in [-0.05, 0) is 65.4 Å². The number of carbonyl (C=O) groups is 1. The molecule has 1 aliphatic rings. The van der Waals surface area contributed by atoms with Crippen molar-refractivity contribution in [1.29, 1.82) is 0 Å². The molecule has 1 aromatic heterocycles. The zero-order chi connectivity index (χ0) is 31.7. The third kappa shape index (κ3) is 6.04. The van der Waals surface area contributed by atoms with Gasteiger partial charge in [-0.2, -0.15) is 0 Å². The molecule has 0 saturated carbocycles. The Morgan fingerprint density at radius 3 is 2.26 bits per heavy atom. The second kappa shape index (κ2) is 14.1. The van der Waals surface area contributed by atoms with Gasteiger partial charge in [0.15, 0.2) is 5.78 Å². The molecule has 5 aromatic carbocycles. The van der Waals surface area contributed by atoms with Crippen LogP contribution in [0.5, 0.6) is 11.5 Å². The summed E-state index contributed by atoms with van der Waals surface area (Å²) in [4.78, 5) is 16.4. The van der Waals surface area contributed by atoms with E-state index in [4.69, 9.17) is 9.72 Å². The molecule has 0 saturated heterocycles. The Morgan fingerprint density at radius 1 is 0.826 bits per heavy atom. The summed E-state index contributed by atoms with van der Waals surface area (Å²) in [5.41, 5.74) is 1.74. The van der Waals surface area contributed by atoms with E-state index < -0.39 is 0 Å². The quantitative estimate of drug-likeness (QED) is 0.0756. The fraction of sp³-hybridized carbons (Fsp3) is 0.250. The summed E-state index contributed by atoms with van der Waals surface area (Å²) >= 11 is 0. The molecule has 4 nitrogen and oxygen atoms in total. The molecule has 1 radical (unpaired) electrons. The minimum atomic E-state index is -0.217. The second-order valence-electron chi connectivity index (χ2n) is 11.6. The van der Waals surface area contributed by atoms with E-state index >= 15 is 0 Å². The molecule has 237 valence electrons. The van der Waals surface area contributed by atoms with Crippen LogP contribution in [0, 0.1) is 23.7 Å². The average molecular weight is 791 g/mol. The fourth-order valence-electron chi connectivity index (χ4n) is 6.44. The minimum absolute atomic E-state index is 0. The number of hydrogen-bond donors (Lipinski definition) is 1. The van der Waals surface area contributed by atoms with Crippen molar-refractivity contribution >= 4 is 48.9 Å². The Morgan fingerprint density at radius 2 is 1.52 bits per heavy atom. The van der Waals surface area contributed by atoms with Crippen LogP contribution in [0.3, 0.4) is 0 Å². The molecule has 2 heterocycles. The van der Waals surface area contributed by atoms with Crippen molar-refractivity contribution in [2.24, 2.45) is 11.8 Å². The predicted molar refractivity (Wildman–Crippen MR) is 182 cm³/mol. The van der Waals surface area contributed by atoms with Crippen molar-refractivity contribution in [3.05, 3.63) is 103 Å². The van der Waals surface area contributed by atoms with E-state index in [-0.39, 0.29) is 49.3 Å². The summed E-state index contributed by atoms with van der Waals surface area (Å²) in [5, 5.41) is 17.4. The third-order valence-corrected chi connectivity index (χ3v) is 9.11. The molecule has 46 heavy (non-hydrogen) atoms. The minimum Gasteiger partial charge on any atom is -0.512 e. The van der Waals surface area contributed by atoms with Gasteiger partial charge in [0, 0.05) is 60.7 Å². The smallest absolute Gasteiger partial charge is 0.162 e. The molecule has 6 heteroatoms. The van der Waals surface area contributed by atoms with Gasteiger partial charge in [0.25, 0.3) is 0 Å². The first kappa shape index (κ1) is 33.2. The summed E-state index contributed by atoms with van der Waals surface area (Å²) in [7, 11) is 0. The van der Waals surface area contributed by atoms with E-state index in [9.17, 15) is 14.3 Å². The van der Waals surface area contributed by atoms with Crippen molar-refractivity contribution < 1.29 is 39.1 Å². The summed E-state index contributed by atoms with van der Waals surface area (Å²) in [6, 6.07) is 26.7. The van der Waals surface area contributed by atoms with Crippen LogP contribution in [-0.2, 0) is 24.9 Å². The molecular weight excluding hydrogens is 754 g/mol. The first-order chi connectivity index (χ1) is 21.9. The normalized spacial score (nSPS) is 12.2. The zero-order valence-corrected chi connectivity index (χ0v) is 28.9. The van der Waals surface area contributed by atoms with E-state index in [1.165, 1.54) is 12.1 Å². The van der Waals surface area contributed by atoms with Crippen LogP contribution >= 0.6 is 0 Å². The Labute approximate surface area is 282 Å². The van der Waals surface area contributed by atoms with Gasteiger partial charge in [-0.3, -0.25) is 9.78 Å². The van der Waals surface area contributed by atoms with Crippen molar-refractivity contribution in [2.75, 3.05) is 0 Å². The van der Waals surface area contributed by atoms with Gasteiger partial charge in [-0.15, -0.1) is 17.5 Å². The number of aliphatic hydroxyl groups is 1. The second-order valence-corrected chi connectivity index (χ2v) is 11.6.